The third kappa shape index (κ3) is 2.04. The molecule has 0 aliphatic rings. The molecule has 0 amide bonds. The molecule has 0 aliphatic carbocycles. The van der Waals surface area contributed by atoms with Crippen LogP contribution in [0.1, 0.15) is 63.8 Å². The van der Waals surface area contributed by atoms with Crippen LogP contribution in [-0.4, -0.2) is 19.6 Å². The lowest BCUT2D eigenvalue weighted by atomic mass is 10.1. The molecule has 0 aromatic carbocycles. The second-order valence-corrected chi connectivity index (χ2v) is 4.99. The molecule has 2 heterocycles. The monoisotopic (exact) mass is 232 g/mol. The zero-order valence-electron chi connectivity index (χ0n) is 11.2. The number of hydrogen-bond donors (Lipinski definition) is 0. The SMILES string of the molecule is CCc1nc(C(C)C)c2cnc(C(C)C)nn12. The third-order valence-corrected chi connectivity index (χ3v) is 2.89. The van der Waals surface area contributed by atoms with E-state index in [1.165, 1.54) is 0 Å². The van der Waals surface area contributed by atoms with Crippen LogP contribution in [0.2, 0.25) is 0 Å². The summed E-state index contributed by atoms with van der Waals surface area (Å²) in [6.45, 7) is 10.6. The van der Waals surface area contributed by atoms with Gasteiger partial charge in [-0.3, -0.25) is 0 Å². The summed E-state index contributed by atoms with van der Waals surface area (Å²) in [5.74, 6) is 2.64. The molecule has 2 aromatic heterocycles. The van der Waals surface area contributed by atoms with E-state index in [1.807, 2.05) is 10.7 Å². The van der Waals surface area contributed by atoms with E-state index in [-0.39, 0.29) is 0 Å². The predicted molar refractivity (Wildman–Crippen MR) is 68.3 cm³/mol. The van der Waals surface area contributed by atoms with Gasteiger partial charge in [-0.2, -0.15) is 5.10 Å². The van der Waals surface area contributed by atoms with E-state index in [2.05, 4.69) is 49.7 Å². The summed E-state index contributed by atoms with van der Waals surface area (Å²) >= 11 is 0. The first kappa shape index (κ1) is 12.0. The normalized spacial score (nSPS) is 11.9. The maximum Gasteiger partial charge on any atom is 0.151 e. The van der Waals surface area contributed by atoms with E-state index in [0.717, 1.165) is 29.3 Å². The predicted octanol–water partition coefficient (Wildman–Crippen LogP) is 2.93. The highest BCUT2D eigenvalue weighted by molar-refractivity contribution is 5.51. The van der Waals surface area contributed by atoms with Gasteiger partial charge in [0.15, 0.2) is 5.82 Å². The second kappa shape index (κ2) is 4.43. The maximum absolute atomic E-state index is 4.67. The van der Waals surface area contributed by atoms with E-state index in [0.29, 0.717) is 11.8 Å². The van der Waals surface area contributed by atoms with Crippen LogP contribution in [0.4, 0.5) is 0 Å². The van der Waals surface area contributed by atoms with Crippen molar-refractivity contribution >= 4 is 5.52 Å². The Kier molecular flexibility index (Phi) is 3.13. The van der Waals surface area contributed by atoms with Crippen molar-refractivity contribution in [3.8, 4) is 0 Å². The van der Waals surface area contributed by atoms with Gasteiger partial charge in [-0.1, -0.05) is 34.6 Å². The van der Waals surface area contributed by atoms with Crippen LogP contribution in [0.15, 0.2) is 6.20 Å². The van der Waals surface area contributed by atoms with Gasteiger partial charge in [0.2, 0.25) is 0 Å². The van der Waals surface area contributed by atoms with Gasteiger partial charge in [0.25, 0.3) is 0 Å². The van der Waals surface area contributed by atoms with Crippen molar-refractivity contribution in [2.45, 2.75) is 52.9 Å². The molecule has 0 fully saturated rings. The lowest BCUT2D eigenvalue weighted by Crippen LogP contribution is -2.05. The number of hydrogen-bond acceptors (Lipinski definition) is 3. The fourth-order valence-corrected chi connectivity index (χ4v) is 1.90. The number of aromatic nitrogens is 4. The molecule has 4 nitrogen and oxygen atoms in total. The Hall–Kier alpha value is -1.45. The van der Waals surface area contributed by atoms with Gasteiger partial charge in [-0.15, -0.1) is 0 Å². The molecule has 0 bridgehead atoms. The smallest absolute Gasteiger partial charge is 0.151 e. The molecule has 0 aliphatic heterocycles. The molecular formula is C13H20N4. The number of aryl methyl sites for hydroxylation is 1. The molecule has 2 rings (SSSR count). The van der Waals surface area contributed by atoms with Crippen LogP contribution >= 0.6 is 0 Å². The average molecular weight is 232 g/mol. The first-order chi connectivity index (χ1) is 8.04. The Morgan fingerprint density at radius 2 is 1.88 bits per heavy atom. The molecule has 0 saturated carbocycles. The van der Waals surface area contributed by atoms with Crippen molar-refractivity contribution in [3.05, 3.63) is 23.5 Å². The zero-order valence-corrected chi connectivity index (χ0v) is 11.2. The number of rotatable bonds is 3. The van der Waals surface area contributed by atoms with Crippen LogP contribution < -0.4 is 0 Å². The highest BCUT2D eigenvalue weighted by atomic mass is 15.3. The van der Waals surface area contributed by atoms with E-state index < -0.39 is 0 Å². The number of imidazole rings is 1. The van der Waals surface area contributed by atoms with Crippen molar-refractivity contribution in [2.75, 3.05) is 0 Å². The van der Waals surface area contributed by atoms with E-state index >= 15 is 0 Å². The molecular weight excluding hydrogens is 212 g/mol. The van der Waals surface area contributed by atoms with E-state index in [9.17, 15) is 0 Å². The highest BCUT2D eigenvalue weighted by Gasteiger charge is 2.15. The topological polar surface area (TPSA) is 43.1 Å². The van der Waals surface area contributed by atoms with Gasteiger partial charge in [-0.25, -0.2) is 14.5 Å². The molecule has 0 radical (unpaired) electrons. The summed E-state index contributed by atoms with van der Waals surface area (Å²) in [5, 5.41) is 4.59. The minimum atomic E-state index is 0.342. The molecule has 4 heteroatoms. The summed E-state index contributed by atoms with van der Waals surface area (Å²) in [4.78, 5) is 9.09. The first-order valence-corrected chi connectivity index (χ1v) is 6.29. The molecule has 0 saturated heterocycles. The quantitative estimate of drug-likeness (QED) is 0.817. The Morgan fingerprint density at radius 1 is 1.18 bits per heavy atom. The van der Waals surface area contributed by atoms with Crippen LogP contribution in [0, 0.1) is 0 Å². The van der Waals surface area contributed by atoms with Crippen molar-refractivity contribution in [1.29, 1.82) is 0 Å². The minimum Gasteiger partial charge on any atom is -0.237 e. The highest BCUT2D eigenvalue weighted by Crippen LogP contribution is 2.21. The van der Waals surface area contributed by atoms with Crippen LogP contribution in [0.3, 0.4) is 0 Å². The van der Waals surface area contributed by atoms with Crippen LogP contribution in [-0.2, 0) is 6.42 Å². The zero-order chi connectivity index (χ0) is 12.6. The molecule has 0 unspecified atom stereocenters. The Morgan fingerprint density at radius 3 is 2.41 bits per heavy atom. The molecule has 0 N–H and O–H groups in total. The van der Waals surface area contributed by atoms with E-state index in [1.54, 1.807) is 0 Å². The van der Waals surface area contributed by atoms with Gasteiger partial charge in [-0.05, 0) is 5.92 Å². The van der Waals surface area contributed by atoms with Gasteiger partial charge in [0.1, 0.15) is 11.3 Å². The van der Waals surface area contributed by atoms with Crippen LogP contribution in [0.5, 0.6) is 0 Å². The van der Waals surface area contributed by atoms with E-state index in [4.69, 9.17) is 0 Å². The molecule has 0 spiro atoms. The molecule has 92 valence electrons. The number of fused-ring (bicyclic) bond motifs is 1. The summed E-state index contributed by atoms with van der Waals surface area (Å²) in [5.41, 5.74) is 2.14. The average Bonchev–Trinajstić information content (AvgIpc) is 2.66. The van der Waals surface area contributed by atoms with Gasteiger partial charge in [0, 0.05) is 12.3 Å². The summed E-state index contributed by atoms with van der Waals surface area (Å²) in [6, 6.07) is 0. The van der Waals surface area contributed by atoms with Crippen molar-refractivity contribution in [2.24, 2.45) is 0 Å². The largest absolute Gasteiger partial charge is 0.237 e. The second-order valence-electron chi connectivity index (χ2n) is 4.99. The minimum absolute atomic E-state index is 0.342. The first-order valence-electron chi connectivity index (χ1n) is 6.29. The fraction of sp³-hybridized carbons (Fsp3) is 0.615. The van der Waals surface area contributed by atoms with Crippen LogP contribution in [0.25, 0.3) is 5.52 Å². The lowest BCUT2D eigenvalue weighted by molar-refractivity contribution is 0.699. The summed E-state index contributed by atoms with van der Waals surface area (Å²) in [6.07, 6.45) is 2.80. The van der Waals surface area contributed by atoms with Crippen molar-refractivity contribution in [1.82, 2.24) is 19.6 Å². The third-order valence-electron chi connectivity index (χ3n) is 2.89. The molecule has 0 atom stereocenters. The summed E-state index contributed by atoms with van der Waals surface area (Å²) < 4.78 is 1.96. The lowest BCUT2D eigenvalue weighted by Gasteiger charge is -2.05. The van der Waals surface area contributed by atoms with Crippen molar-refractivity contribution < 1.29 is 0 Å². The fourth-order valence-electron chi connectivity index (χ4n) is 1.90. The summed E-state index contributed by atoms with van der Waals surface area (Å²) in [7, 11) is 0. The molecule has 2 aromatic rings. The Labute approximate surface area is 102 Å². The Bertz CT molecular complexity index is 525. The number of nitrogens with zero attached hydrogens (tertiary/aromatic N) is 4. The Balaban J connectivity index is 2.68. The molecule has 17 heavy (non-hydrogen) atoms. The van der Waals surface area contributed by atoms with Crippen molar-refractivity contribution in [3.63, 3.8) is 0 Å². The van der Waals surface area contributed by atoms with Gasteiger partial charge in [0.05, 0.1) is 11.9 Å². The van der Waals surface area contributed by atoms with Gasteiger partial charge >= 0.3 is 0 Å². The maximum atomic E-state index is 4.67. The van der Waals surface area contributed by atoms with Gasteiger partial charge < -0.3 is 0 Å². The standard InChI is InChI=1S/C13H20N4/c1-6-11-15-12(8(2)3)10-7-14-13(9(4)5)16-17(10)11/h7-9H,6H2,1-5H3.